The van der Waals surface area contributed by atoms with Crippen molar-refractivity contribution in [3.63, 3.8) is 0 Å². The molecule has 2 fully saturated rings. The Morgan fingerprint density at radius 2 is 1.88 bits per heavy atom. The molecule has 1 saturated carbocycles. The van der Waals surface area contributed by atoms with E-state index in [1.54, 1.807) is 6.07 Å². The van der Waals surface area contributed by atoms with Crippen LogP contribution in [0.2, 0.25) is 0 Å². The van der Waals surface area contributed by atoms with Crippen LogP contribution in [0.5, 0.6) is 0 Å². The fraction of sp³-hybridized carbons (Fsp3) is 0.538. The molecule has 1 spiro atoms. The van der Waals surface area contributed by atoms with Gasteiger partial charge in [-0.15, -0.1) is 0 Å². The predicted molar refractivity (Wildman–Crippen MR) is 63.9 cm³/mol. The average Bonchev–Trinajstić information content (AvgIpc) is 2.69. The third-order valence-corrected chi connectivity index (χ3v) is 4.06. The average molecular weight is 220 g/mol. The van der Waals surface area contributed by atoms with E-state index in [9.17, 15) is 4.39 Å². The van der Waals surface area contributed by atoms with Gasteiger partial charge >= 0.3 is 0 Å². The summed E-state index contributed by atoms with van der Waals surface area (Å²) in [6.45, 7) is 2.25. The third kappa shape index (κ3) is 1.46. The van der Waals surface area contributed by atoms with Gasteiger partial charge in [-0.1, -0.05) is 12.8 Å². The van der Waals surface area contributed by atoms with Crippen LogP contribution >= 0.6 is 0 Å². The highest BCUT2D eigenvalue weighted by molar-refractivity contribution is 5.58. The van der Waals surface area contributed by atoms with Crippen LogP contribution in [0, 0.1) is 11.2 Å². The Bertz CT molecular complexity index is 402. The topological polar surface area (TPSA) is 29.3 Å². The van der Waals surface area contributed by atoms with Gasteiger partial charge in [0.15, 0.2) is 0 Å². The molecule has 0 atom stereocenters. The highest BCUT2D eigenvalue weighted by Gasteiger charge is 2.44. The lowest BCUT2D eigenvalue weighted by molar-refractivity contribution is 0.222. The number of nitrogens with two attached hydrogens (primary N) is 1. The molecule has 2 nitrogen and oxygen atoms in total. The van der Waals surface area contributed by atoms with Gasteiger partial charge in [0, 0.05) is 24.2 Å². The Balaban J connectivity index is 1.73. The van der Waals surface area contributed by atoms with Gasteiger partial charge in [-0.2, -0.15) is 0 Å². The summed E-state index contributed by atoms with van der Waals surface area (Å²) in [6.07, 6.45) is 5.47. The molecule has 2 aliphatic rings. The van der Waals surface area contributed by atoms with Crippen LogP contribution in [0.1, 0.15) is 25.7 Å². The molecule has 1 aromatic rings. The molecular formula is C13H17FN2. The SMILES string of the molecule is Nc1cc(N2CC3(CCCC3)C2)ccc1F. The minimum Gasteiger partial charge on any atom is -0.396 e. The van der Waals surface area contributed by atoms with Crippen molar-refractivity contribution in [3.8, 4) is 0 Å². The monoisotopic (exact) mass is 220 g/mol. The third-order valence-electron chi connectivity index (χ3n) is 4.06. The zero-order valence-electron chi connectivity index (χ0n) is 9.38. The van der Waals surface area contributed by atoms with Gasteiger partial charge in [0.2, 0.25) is 0 Å². The minimum atomic E-state index is -0.320. The van der Waals surface area contributed by atoms with Crippen LogP contribution in [-0.2, 0) is 0 Å². The molecule has 0 bridgehead atoms. The number of rotatable bonds is 1. The van der Waals surface area contributed by atoms with Crippen molar-refractivity contribution in [2.45, 2.75) is 25.7 Å². The molecule has 1 heterocycles. The van der Waals surface area contributed by atoms with Crippen LogP contribution in [0.15, 0.2) is 18.2 Å². The minimum absolute atomic E-state index is 0.255. The zero-order chi connectivity index (χ0) is 11.2. The normalized spacial score (nSPS) is 22.4. The Labute approximate surface area is 95.2 Å². The van der Waals surface area contributed by atoms with E-state index in [1.165, 1.54) is 31.7 Å². The molecule has 0 radical (unpaired) electrons. The van der Waals surface area contributed by atoms with Crippen LogP contribution in [0.25, 0.3) is 0 Å². The first kappa shape index (κ1) is 9.94. The molecule has 1 aromatic carbocycles. The van der Waals surface area contributed by atoms with Crippen LogP contribution in [0.3, 0.4) is 0 Å². The van der Waals surface area contributed by atoms with Gasteiger partial charge < -0.3 is 10.6 Å². The van der Waals surface area contributed by atoms with Crippen molar-refractivity contribution in [2.75, 3.05) is 23.7 Å². The maximum atomic E-state index is 13.0. The second-order valence-corrected chi connectivity index (χ2v) is 5.27. The molecule has 1 aliphatic carbocycles. The Kier molecular flexibility index (Phi) is 2.09. The van der Waals surface area contributed by atoms with Gasteiger partial charge in [-0.25, -0.2) is 4.39 Å². The Morgan fingerprint density at radius 1 is 1.19 bits per heavy atom. The lowest BCUT2D eigenvalue weighted by Gasteiger charge is -2.49. The van der Waals surface area contributed by atoms with Crippen LogP contribution in [0.4, 0.5) is 15.8 Å². The lowest BCUT2D eigenvalue weighted by atomic mass is 9.78. The fourth-order valence-electron chi connectivity index (χ4n) is 3.12. The summed E-state index contributed by atoms with van der Waals surface area (Å²) in [5, 5.41) is 0. The maximum absolute atomic E-state index is 13.0. The first-order valence-electron chi connectivity index (χ1n) is 5.99. The fourth-order valence-corrected chi connectivity index (χ4v) is 3.12. The first-order chi connectivity index (χ1) is 7.69. The second kappa shape index (κ2) is 3.37. The van der Waals surface area contributed by atoms with Crippen LogP contribution < -0.4 is 10.6 Å². The summed E-state index contributed by atoms with van der Waals surface area (Å²) in [4.78, 5) is 2.31. The molecular weight excluding hydrogens is 203 g/mol. The molecule has 3 rings (SSSR count). The first-order valence-corrected chi connectivity index (χ1v) is 5.99. The summed E-state index contributed by atoms with van der Waals surface area (Å²) >= 11 is 0. The van der Waals surface area contributed by atoms with Gasteiger partial charge in [0.25, 0.3) is 0 Å². The predicted octanol–water partition coefficient (Wildman–Crippen LogP) is 2.79. The number of anilines is 2. The van der Waals surface area contributed by atoms with Crippen molar-refractivity contribution < 1.29 is 4.39 Å². The molecule has 0 unspecified atom stereocenters. The summed E-state index contributed by atoms with van der Waals surface area (Å²) < 4.78 is 13.0. The second-order valence-electron chi connectivity index (χ2n) is 5.27. The van der Waals surface area contributed by atoms with Gasteiger partial charge in [0.05, 0.1) is 5.69 Å². The standard InChI is InChI=1S/C13H17FN2/c14-11-4-3-10(7-12(11)15)16-8-13(9-16)5-1-2-6-13/h3-4,7H,1-2,5-6,8-9,15H2. The highest BCUT2D eigenvalue weighted by atomic mass is 19.1. The molecule has 86 valence electrons. The van der Waals surface area contributed by atoms with E-state index in [4.69, 9.17) is 5.73 Å². The summed E-state index contributed by atoms with van der Waals surface area (Å²) in [5.74, 6) is -0.320. The van der Waals surface area contributed by atoms with E-state index in [1.807, 2.05) is 6.07 Å². The molecule has 2 N–H and O–H groups in total. The Hall–Kier alpha value is -1.25. The molecule has 16 heavy (non-hydrogen) atoms. The van der Waals surface area contributed by atoms with E-state index in [0.29, 0.717) is 5.41 Å². The van der Waals surface area contributed by atoms with E-state index >= 15 is 0 Å². The largest absolute Gasteiger partial charge is 0.396 e. The van der Waals surface area contributed by atoms with Crippen LogP contribution in [-0.4, -0.2) is 13.1 Å². The summed E-state index contributed by atoms with van der Waals surface area (Å²) in [7, 11) is 0. The lowest BCUT2D eigenvalue weighted by Crippen LogP contribution is -2.55. The van der Waals surface area contributed by atoms with E-state index in [-0.39, 0.29) is 11.5 Å². The van der Waals surface area contributed by atoms with Crippen molar-refractivity contribution in [3.05, 3.63) is 24.0 Å². The van der Waals surface area contributed by atoms with Gasteiger partial charge in [-0.3, -0.25) is 0 Å². The van der Waals surface area contributed by atoms with Crippen molar-refractivity contribution in [1.29, 1.82) is 0 Å². The highest BCUT2D eigenvalue weighted by Crippen LogP contribution is 2.47. The van der Waals surface area contributed by atoms with Gasteiger partial charge in [0.1, 0.15) is 5.82 Å². The molecule has 0 amide bonds. The van der Waals surface area contributed by atoms with Crippen molar-refractivity contribution in [1.82, 2.24) is 0 Å². The van der Waals surface area contributed by atoms with Gasteiger partial charge in [-0.05, 0) is 31.0 Å². The number of nitrogen functional groups attached to an aromatic ring is 1. The number of halogens is 1. The zero-order valence-corrected chi connectivity index (χ0v) is 9.38. The molecule has 1 aliphatic heterocycles. The number of hydrogen-bond acceptors (Lipinski definition) is 2. The molecule has 1 saturated heterocycles. The van der Waals surface area contributed by atoms with E-state index in [2.05, 4.69) is 4.90 Å². The van der Waals surface area contributed by atoms with Crippen molar-refractivity contribution in [2.24, 2.45) is 5.41 Å². The number of nitrogens with zero attached hydrogens (tertiary/aromatic N) is 1. The molecule has 0 aromatic heterocycles. The Morgan fingerprint density at radius 3 is 2.50 bits per heavy atom. The molecule has 3 heteroatoms. The number of hydrogen-bond donors (Lipinski definition) is 1. The maximum Gasteiger partial charge on any atom is 0.146 e. The summed E-state index contributed by atoms with van der Waals surface area (Å²) in [5.41, 5.74) is 7.47. The summed E-state index contributed by atoms with van der Waals surface area (Å²) in [6, 6.07) is 5.04. The van der Waals surface area contributed by atoms with Crippen molar-refractivity contribution >= 4 is 11.4 Å². The van der Waals surface area contributed by atoms with E-state index < -0.39 is 0 Å². The quantitative estimate of drug-likeness (QED) is 0.737. The van der Waals surface area contributed by atoms with E-state index in [0.717, 1.165) is 18.8 Å². The number of benzene rings is 1. The smallest absolute Gasteiger partial charge is 0.146 e.